The van der Waals surface area contributed by atoms with Gasteiger partial charge >= 0.3 is 0 Å². The second-order valence-corrected chi connectivity index (χ2v) is 5.44. The van der Waals surface area contributed by atoms with Crippen LogP contribution in [0, 0.1) is 5.82 Å². The number of hydrogen-bond donors (Lipinski definition) is 2. The van der Waals surface area contributed by atoms with Gasteiger partial charge in [0.25, 0.3) is 5.91 Å². The zero-order valence-corrected chi connectivity index (χ0v) is 14.7. The molecule has 138 valence electrons. The molecule has 2 rings (SSSR count). The van der Waals surface area contributed by atoms with E-state index in [1.54, 1.807) is 36.4 Å². The molecule has 0 fully saturated rings. The normalized spacial score (nSPS) is 10.1. The van der Waals surface area contributed by atoms with E-state index in [4.69, 9.17) is 9.47 Å². The van der Waals surface area contributed by atoms with Gasteiger partial charge in [0.05, 0.1) is 20.6 Å². The summed E-state index contributed by atoms with van der Waals surface area (Å²) in [6.07, 6.45) is -0.0453. The molecule has 0 bridgehead atoms. The van der Waals surface area contributed by atoms with Crippen molar-refractivity contribution in [2.24, 2.45) is 0 Å². The number of amides is 2. The van der Waals surface area contributed by atoms with Crippen molar-refractivity contribution in [2.75, 3.05) is 27.3 Å². The van der Waals surface area contributed by atoms with E-state index in [-0.39, 0.29) is 31.3 Å². The fourth-order valence-corrected chi connectivity index (χ4v) is 2.33. The van der Waals surface area contributed by atoms with Crippen molar-refractivity contribution < 1.29 is 23.5 Å². The van der Waals surface area contributed by atoms with Gasteiger partial charge in [-0.05, 0) is 29.8 Å². The number of halogens is 1. The van der Waals surface area contributed by atoms with E-state index in [1.807, 2.05) is 0 Å². The minimum atomic E-state index is -0.413. The van der Waals surface area contributed by atoms with Gasteiger partial charge in [0, 0.05) is 18.7 Å². The van der Waals surface area contributed by atoms with Gasteiger partial charge in [0.2, 0.25) is 5.91 Å². The van der Waals surface area contributed by atoms with Gasteiger partial charge in [0.1, 0.15) is 5.82 Å². The van der Waals surface area contributed by atoms with E-state index >= 15 is 0 Å². The molecule has 0 aliphatic rings. The maximum absolute atomic E-state index is 13.5. The van der Waals surface area contributed by atoms with E-state index in [2.05, 4.69) is 10.6 Å². The van der Waals surface area contributed by atoms with Crippen LogP contribution in [0.1, 0.15) is 15.9 Å². The molecule has 0 heterocycles. The number of nitrogens with one attached hydrogen (secondary N) is 2. The second kappa shape index (κ2) is 9.41. The van der Waals surface area contributed by atoms with Crippen molar-refractivity contribution in [1.29, 1.82) is 0 Å². The number of carbonyl (C=O) groups is 2. The summed E-state index contributed by atoms with van der Waals surface area (Å²) in [6, 6.07) is 11.0. The molecule has 2 aromatic carbocycles. The molecule has 0 saturated carbocycles. The van der Waals surface area contributed by atoms with Gasteiger partial charge in [-0.1, -0.05) is 18.2 Å². The Kier molecular flexibility index (Phi) is 6.96. The Morgan fingerprint density at radius 3 is 2.35 bits per heavy atom. The Balaban J connectivity index is 1.78. The molecule has 0 aliphatic heterocycles. The highest BCUT2D eigenvalue weighted by Crippen LogP contribution is 2.27. The average Bonchev–Trinajstić information content (AvgIpc) is 2.66. The predicted molar refractivity (Wildman–Crippen MR) is 95.0 cm³/mol. The van der Waals surface area contributed by atoms with E-state index in [0.29, 0.717) is 22.6 Å². The summed E-state index contributed by atoms with van der Waals surface area (Å²) < 4.78 is 23.8. The lowest BCUT2D eigenvalue weighted by atomic mass is 10.1. The van der Waals surface area contributed by atoms with Crippen LogP contribution in [0.4, 0.5) is 4.39 Å². The number of rotatable bonds is 8. The molecule has 0 aliphatic carbocycles. The number of ether oxygens (including phenoxy) is 2. The van der Waals surface area contributed by atoms with Crippen molar-refractivity contribution >= 4 is 11.8 Å². The molecule has 0 atom stereocenters. The summed E-state index contributed by atoms with van der Waals surface area (Å²) in [5, 5.41) is 5.34. The van der Waals surface area contributed by atoms with E-state index in [1.165, 1.54) is 20.3 Å². The number of benzene rings is 2. The van der Waals surface area contributed by atoms with Gasteiger partial charge in [-0.2, -0.15) is 0 Å². The largest absolute Gasteiger partial charge is 0.493 e. The molecule has 0 unspecified atom stereocenters. The minimum absolute atomic E-state index is 0.0453. The highest BCUT2D eigenvalue weighted by molar-refractivity contribution is 5.94. The topological polar surface area (TPSA) is 76.7 Å². The van der Waals surface area contributed by atoms with Crippen molar-refractivity contribution in [3.8, 4) is 11.5 Å². The van der Waals surface area contributed by atoms with Crippen molar-refractivity contribution in [2.45, 2.75) is 6.42 Å². The fourth-order valence-electron chi connectivity index (χ4n) is 2.33. The number of carbonyl (C=O) groups excluding carboxylic acids is 2. The Labute approximate surface area is 151 Å². The quantitative estimate of drug-likeness (QED) is 0.706. The highest BCUT2D eigenvalue weighted by Gasteiger charge is 2.11. The van der Waals surface area contributed by atoms with Gasteiger partial charge in [-0.15, -0.1) is 0 Å². The molecule has 2 aromatic rings. The Hall–Kier alpha value is -3.09. The maximum Gasteiger partial charge on any atom is 0.251 e. The van der Waals surface area contributed by atoms with E-state index < -0.39 is 5.82 Å². The molecular weight excluding hydrogens is 339 g/mol. The highest BCUT2D eigenvalue weighted by atomic mass is 19.1. The predicted octanol–water partition coefficient (Wildman–Crippen LogP) is 1.93. The number of hydrogen-bond acceptors (Lipinski definition) is 4. The van der Waals surface area contributed by atoms with Crippen LogP contribution in [-0.2, 0) is 11.2 Å². The fraction of sp³-hybridized carbons (Fsp3) is 0.263. The summed E-state index contributed by atoms with van der Waals surface area (Å²) in [4.78, 5) is 23.9. The molecule has 7 heteroatoms. The maximum atomic E-state index is 13.5. The molecule has 2 amide bonds. The lowest BCUT2D eigenvalue weighted by Gasteiger charge is -2.10. The first-order chi connectivity index (χ1) is 12.5. The Bertz CT molecular complexity index is 780. The molecule has 26 heavy (non-hydrogen) atoms. The lowest BCUT2D eigenvalue weighted by Crippen LogP contribution is -2.35. The van der Waals surface area contributed by atoms with Gasteiger partial charge in [-0.3, -0.25) is 9.59 Å². The monoisotopic (exact) mass is 360 g/mol. The van der Waals surface area contributed by atoms with Crippen molar-refractivity contribution in [3.05, 3.63) is 59.4 Å². The van der Waals surface area contributed by atoms with Crippen LogP contribution in [0.15, 0.2) is 42.5 Å². The first kappa shape index (κ1) is 19.2. The van der Waals surface area contributed by atoms with Gasteiger partial charge in [0.15, 0.2) is 11.5 Å². The third-order valence-electron chi connectivity index (χ3n) is 3.69. The summed E-state index contributed by atoms with van der Waals surface area (Å²) >= 11 is 0. The molecule has 2 N–H and O–H groups in total. The molecule has 0 spiro atoms. The Morgan fingerprint density at radius 2 is 1.65 bits per heavy atom. The Morgan fingerprint density at radius 1 is 0.962 bits per heavy atom. The molecule has 6 nitrogen and oxygen atoms in total. The van der Waals surface area contributed by atoms with Gasteiger partial charge in [-0.25, -0.2) is 4.39 Å². The van der Waals surface area contributed by atoms with Crippen molar-refractivity contribution in [1.82, 2.24) is 10.6 Å². The SMILES string of the molecule is COc1ccc(C(=O)NCCNC(=O)Cc2ccccc2F)cc1OC. The molecule has 0 saturated heterocycles. The van der Waals surface area contributed by atoms with Crippen molar-refractivity contribution in [3.63, 3.8) is 0 Å². The summed E-state index contributed by atoms with van der Waals surface area (Å²) in [5.74, 6) is -0.0306. The smallest absolute Gasteiger partial charge is 0.251 e. The van der Waals surface area contributed by atoms with E-state index in [9.17, 15) is 14.0 Å². The zero-order valence-electron chi connectivity index (χ0n) is 14.7. The van der Waals surface area contributed by atoms with Crippen LogP contribution >= 0.6 is 0 Å². The molecule has 0 radical (unpaired) electrons. The van der Waals surface area contributed by atoms with Crippen LogP contribution in [0.3, 0.4) is 0 Å². The standard InChI is InChI=1S/C19H21FN2O4/c1-25-16-8-7-14(11-17(16)26-2)19(24)22-10-9-21-18(23)12-13-5-3-4-6-15(13)20/h3-8,11H,9-10,12H2,1-2H3,(H,21,23)(H,22,24). The first-order valence-electron chi connectivity index (χ1n) is 8.05. The second-order valence-electron chi connectivity index (χ2n) is 5.44. The number of methoxy groups -OCH3 is 2. The summed E-state index contributed by atoms with van der Waals surface area (Å²) in [7, 11) is 3.01. The zero-order chi connectivity index (χ0) is 18.9. The molecular formula is C19H21FN2O4. The van der Waals surface area contributed by atoms with Gasteiger partial charge < -0.3 is 20.1 Å². The summed E-state index contributed by atoms with van der Waals surface area (Å²) in [5.41, 5.74) is 0.750. The third-order valence-corrected chi connectivity index (χ3v) is 3.69. The summed E-state index contributed by atoms with van der Waals surface area (Å²) in [6.45, 7) is 0.489. The lowest BCUT2D eigenvalue weighted by molar-refractivity contribution is -0.120. The van der Waals surface area contributed by atoms with Crippen LogP contribution in [0.5, 0.6) is 11.5 Å². The van der Waals surface area contributed by atoms with Crippen LogP contribution in [0.2, 0.25) is 0 Å². The minimum Gasteiger partial charge on any atom is -0.493 e. The van der Waals surface area contributed by atoms with E-state index in [0.717, 1.165) is 0 Å². The first-order valence-corrected chi connectivity index (χ1v) is 8.05. The average molecular weight is 360 g/mol. The van der Waals surface area contributed by atoms with Crippen LogP contribution < -0.4 is 20.1 Å². The molecule has 0 aromatic heterocycles. The van der Waals surface area contributed by atoms with Crippen LogP contribution in [0.25, 0.3) is 0 Å². The van der Waals surface area contributed by atoms with Crippen LogP contribution in [-0.4, -0.2) is 39.1 Å². The third kappa shape index (κ3) is 5.20.